The minimum absolute atomic E-state index is 0.0217. The van der Waals surface area contributed by atoms with Crippen molar-refractivity contribution in [3.8, 4) is 11.4 Å². The van der Waals surface area contributed by atoms with E-state index in [1.807, 2.05) is 36.1 Å². The summed E-state index contributed by atoms with van der Waals surface area (Å²) in [5, 5.41) is 4.10. The van der Waals surface area contributed by atoms with Crippen LogP contribution >= 0.6 is 0 Å². The molecule has 1 aromatic carbocycles. The van der Waals surface area contributed by atoms with Gasteiger partial charge in [-0.1, -0.05) is 55.8 Å². The van der Waals surface area contributed by atoms with Crippen LogP contribution < -0.4 is 0 Å². The third kappa shape index (κ3) is 3.66. The van der Waals surface area contributed by atoms with Gasteiger partial charge in [-0.25, -0.2) is 0 Å². The zero-order valence-corrected chi connectivity index (χ0v) is 14.9. The fourth-order valence-electron chi connectivity index (χ4n) is 3.07. The molecule has 1 aromatic heterocycles. The highest BCUT2D eigenvalue weighted by Gasteiger charge is 2.35. The van der Waals surface area contributed by atoms with Crippen LogP contribution in [0.25, 0.3) is 11.4 Å². The van der Waals surface area contributed by atoms with E-state index in [4.69, 9.17) is 4.52 Å². The van der Waals surface area contributed by atoms with E-state index < -0.39 is 0 Å². The predicted molar refractivity (Wildman–Crippen MR) is 92.2 cm³/mol. The largest absolute Gasteiger partial charge is 0.337 e. The first-order valence-electron chi connectivity index (χ1n) is 8.54. The highest BCUT2D eigenvalue weighted by Crippen LogP contribution is 2.34. The summed E-state index contributed by atoms with van der Waals surface area (Å²) in [5.41, 5.74) is 2.10. The molecule has 3 rings (SSSR count). The molecule has 0 N–H and O–H groups in total. The molecule has 1 aliphatic rings. The van der Waals surface area contributed by atoms with Gasteiger partial charge in [0.2, 0.25) is 17.6 Å². The first-order valence-corrected chi connectivity index (χ1v) is 8.54. The summed E-state index contributed by atoms with van der Waals surface area (Å²) < 4.78 is 5.49. The van der Waals surface area contributed by atoms with Crippen LogP contribution in [0, 0.1) is 12.3 Å². The second-order valence-electron chi connectivity index (χ2n) is 7.80. The van der Waals surface area contributed by atoms with Gasteiger partial charge in [-0.3, -0.25) is 4.79 Å². The van der Waals surface area contributed by atoms with Crippen LogP contribution in [-0.2, 0) is 4.79 Å². The van der Waals surface area contributed by atoms with Gasteiger partial charge in [0, 0.05) is 18.5 Å². The van der Waals surface area contributed by atoms with Crippen molar-refractivity contribution in [2.75, 3.05) is 6.54 Å². The Kier molecular flexibility index (Phi) is 4.43. The number of hydrogen-bond acceptors (Lipinski definition) is 4. The molecule has 0 spiro atoms. The summed E-state index contributed by atoms with van der Waals surface area (Å²) >= 11 is 0. The first-order chi connectivity index (χ1) is 11.3. The predicted octanol–water partition coefficient (Wildman–Crippen LogP) is 4.14. The summed E-state index contributed by atoms with van der Waals surface area (Å²) in [6.45, 7) is 9.05. The SMILES string of the molecule is Cc1ccc(-c2noc([C@@H]3CCCN3C(=O)CC(C)(C)C)n2)cc1. The molecule has 5 heteroatoms. The lowest BCUT2D eigenvalue weighted by molar-refractivity contribution is -0.134. The second-order valence-corrected chi connectivity index (χ2v) is 7.80. The van der Waals surface area contributed by atoms with Gasteiger partial charge in [-0.05, 0) is 25.2 Å². The Hall–Kier alpha value is -2.17. The summed E-state index contributed by atoms with van der Waals surface area (Å²) in [7, 11) is 0. The quantitative estimate of drug-likeness (QED) is 0.850. The van der Waals surface area contributed by atoms with Crippen LogP contribution in [0.1, 0.15) is 57.5 Å². The van der Waals surface area contributed by atoms with E-state index >= 15 is 0 Å². The molecule has 128 valence electrons. The van der Waals surface area contributed by atoms with Crippen LogP contribution in [0.3, 0.4) is 0 Å². The zero-order chi connectivity index (χ0) is 17.3. The van der Waals surface area contributed by atoms with Crippen molar-refractivity contribution in [1.82, 2.24) is 15.0 Å². The van der Waals surface area contributed by atoms with Gasteiger partial charge in [0.25, 0.3) is 0 Å². The van der Waals surface area contributed by atoms with E-state index in [9.17, 15) is 4.79 Å². The number of aryl methyl sites for hydroxylation is 1. The van der Waals surface area contributed by atoms with Gasteiger partial charge in [-0.15, -0.1) is 0 Å². The van der Waals surface area contributed by atoms with Crippen molar-refractivity contribution in [1.29, 1.82) is 0 Å². The van der Waals surface area contributed by atoms with Gasteiger partial charge in [0.05, 0.1) is 0 Å². The maximum Gasteiger partial charge on any atom is 0.249 e. The Morgan fingerprint density at radius 3 is 2.67 bits per heavy atom. The average Bonchev–Trinajstić information content (AvgIpc) is 3.15. The lowest BCUT2D eigenvalue weighted by Gasteiger charge is -2.26. The van der Waals surface area contributed by atoms with Crippen LogP contribution in [-0.4, -0.2) is 27.5 Å². The fourth-order valence-corrected chi connectivity index (χ4v) is 3.07. The molecule has 1 atom stereocenters. The molecule has 0 saturated carbocycles. The minimum Gasteiger partial charge on any atom is -0.337 e. The van der Waals surface area contributed by atoms with E-state index in [2.05, 4.69) is 30.9 Å². The number of nitrogens with zero attached hydrogens (tertiary/aromatic N) is 3. The Morgan fingerprint density at radius 2 is 2.00 bits per heavy atom. The molecular formula is C19H25N3O2. The number of rotatable bonds is 3. The van der Waals surface area contributed by atoms with Gasteiger partial charge >= 0.3 is 0 Å². The Bertz CT molecular complexity index is 713. The summed E-state index contributed by atoms with van der Waals surface area (Å²) in [4.78, 5) is 19.0. The van der Waals surface area contributed by atoms with Crippen molar-refractivity contribution in [2.45, 2.75) is 53.0 Å². The molecule has 2 heterocycles. The van der Waals surface area contributed by atoms with Crippen molar-refractivity contribution >= 4 is 5.91 Å². The Balaban J connectivity index is 1.78. The zero-order valence-electron chi connectivity index (χ0n) is 14.9. The number of amides is 1. The molecule has 24 heavy (non-hydrogen) atoms. The normalized spacial score (nSPS) is 18.2. The number of hydrogen-bond donors (Lipinski definition) is 0. The van der Waals surface area contributed by atoms with Crippen molar-refractivity contribution < 1.29 is 9.32 Å². The molecule has 0 aliphatic carbocycles. The maximum atomic E-state index is 12.6. The Labute approximate surface area is 143 Å². The minimum atomic E-state index is -0.0912. The first kappa shape index (κ1) is 16.7. The molecule has 2 aromatic rings. The van der Waals surface area contributed by atoms with Crippen LogP contribution in [0.5, 0.6) is 0 Å². The lowest BCUT2D eigenvalue weighted by atomic mass is 9.91. The number of aromatic nitrogens is 2. The second kappa shape index (κ2) is 6.38. The Morgan fingerprint density at radius 1 is 1.29 bits per heavy atom. The van der Waals surface area contributed by atoms with E-state index in [0.717, 1.165) is 24.9 Å². The monoisotopic (exact) mass is 327 g/mol. The molecule has 0 unspecified atom stereocenters. The van der Waals surface area contributed by atoms with Crippen LogP contribution in [0.15, 0.2) is 28.8 Å². The molecule has 1 fully saturated rings. The molecular weight excluding hydrogens is 302 g/mol. The molecule has 0 bridgehead atoms. The van der Waals surface area contributed by atoms with Crippen LogP contribution in [0.2, 0.25) is 0 Å². The highest BCUT2D eigenvalue weighted by atomic mass is 16.5. The van der Waals surface area contributed by atoms with Gasteiger partial charge < -0.3 is 9.42 Å². The van der Waals surface area contributed by atoms with Crippen molar-refractivity contribution in [3.05, 3.63) is 35.7 Å². The molecule has 5 nitrogen and oxygen atoms in total. The summed E-state index contributed by atoms with van der Waals surface area (Å²) in [6.07, 6.45) is 2.39. The average molecular weight is 327 g/mol. The van der Waals surface area contributed by atoms with Crippen LogP contribution in [0.4, 0.5) is 0 Å². The van der Waals surface area contributed by atoms with Crippen molar-refractivity contribution in [2.24, 2.45) is 5.41 Å². The summed E-state index contributed by atoms with van der Waals surface area (Å²) in [5.74, 6) is 1.30. The highest BCUT2D eigenvalue weighted by molar-refractivity contribution is 5.77. The van der Waals surface area contributed by atoms with Gasteiger partial charge in [0.15, 0.2) is 0 Å². The number of likely N-dealkylation sites (tertiary alicyclic amines) is 1. The summed E-state index contributed by atoms with van der Waals surface area (Å²) in [6, 6.07) is 7.94. The van der Waals surface area contributed by atoms with Gasteiger partial charge in [0.1, 0.15) is 6.04 Å². The molecule has 1 aliphatic heterocycles. The van der Waals surface area contributed by atoms with E-state index in [1.54, 1.807) is 0 Å². The number of benzene rings is 1. The van der Waals surface area contributed by atoms with E-state index in [1.165, 1.54) is 5.56 Å². The molecule has 1 amide bonds. The van der Waals surface area contributed by atoms with E-state index in [0.29, 0.717) is 18.1 Å². The standard InChI is InChI=1S/C19H25N3O2/c1-13-7-9-14(10-8-13)17-20-18(24-21-17)15-6-5-11-22(15)16(23)12-19(2,3)4/h7-10,15H,5-6,11-12H2,1-4H3/t15-/m0/s1. The third-order valence-electron chi connectivity index (χ3n) is 4.29. The lowest BCUT2D eigenvalue weighted by Crippen LogP contribution is -2.33. The van der Waals surface area contributed by atoms with Gasteiger partial charge in [-0.2, -0.15) is 4.98 Å². The molecule has 1 saturated heterocycles. The third-order valence-corrected chi connectivity index (χ3v) is 4.29. The number of carbonyl (C=O) groups excluding carboxylic acids is 1. The fraction of sp³-hybridized carbons (Fsp3) is 0.526. The number of carbonyl (C=O) groups is 1. The molecule has 0 radical (unpaired) electrons. The topological polar surface area (TPSA) is 59.2 Å². The smallest absolute Gasteiger partial charge is 0.249 e. The maximum absolute atomic E-state index is 12.6. The van der Waals surface area contributed by atoms with Crippen molar-refractivity contribution in [3.63, 3.8) is 0 Å². The van der Waals surface area contributed by atoms with E-state index in [-0.39, 0.29) is 17.4 Å².